The van der Waals surface area contributed by atoms with Crippen molar-refractivity contribution in [2.45, 2.75) is 11.2 Å². The fourth-order valence-corrected chi connectivity index (χ4v) is 1.65. The summed E-state index contributed by atoms with van der Waals surface area (Å²) in [5, 5.41) is 2.40. The molecule has 15 heavy (non-hydrogen) atoms. The van der Waals surface area contributed by atoms with Crippen LogP contribution in [0.4, 0.5) is 4.79 Å². The van der Waals surface area contributed by atoms with E-state index >= 15 is 0 Å². The van der Waals surface area contributed by atoms with E-state index in [1.165, 1.54) is 5.56 Å². The van der Waals surface area contributed by atoms with E-state index in [-0.39, 0.29) is 10.9 Å². The maximum absolute atomic E-state index is 10.8. The molecular formula is C11H14BrNO2. The molecular weight excluding hydrogens is 258 g/mol. The molecule has 0 aliphatic carbocycles. The first-order valence-corrected chi connectivity index (χ1v) is 5.69. The number of benzene rings is 1. The minimum absolute atomic E-state index is 0.225. The Morgan fingerprint density at radius 3 is 2.73 bits per heavy atom. The molecule has 0 aliphatic rings. The summed E-state index contributed by atoms with van der Waals surface area (Å²) in [6.45, 7) is 0.407. The predicted molar refractivity (Wildman–Crippen MR) is 63.1 cm³/mol. The van der Waals surface area contributed by atoms with Crippen LogP contribution in [-0.2, 0) is 4.74 Å². The van der Waals surface area contributed by atoms with Gasteiger partial charge in [-0.15, -0.1) is 0 Å². The minimum atomic E-state index is -0.386. The van der Waals surface area contributed by atoms with Crippen LogP contribution in [0.1, 0.15) is 16.8 Å². The molecule has 0 spiro atoms. The molecule has 0 fully saturated rings. The van der Waals surface area contributed by atoms with Crippen LogP contribution in [0.5, 0.6) is 0 Å². The molecule has 1 rings (SSSR count). The molecule has 1 unspecified atom stereocenters. The lowest BCUT2D eigenvalue weighted by molar-refractivity contribution is 0.147. The first kappa shape index (κ1) is 12.0. The summed E-state index contributed by atoms with van der Waals surface area (Å²) < 4.78 is 4.90. The maximum Gasteiger partial charge on any atom is 0.406 e. The van der Waals surface area contributed by atoms with Crippen molar-refractivity contribution in [1.82, 2.24) is 5.32 Å². The van der Waals surface area contributed by atoms with Crippen LogP contribution in [0.2, 0.25) is 0 Å². The lowest BCUT2D eigenvalue weighted by Gasteiger charge is -2.10. The Morgan fingerprint density at radius 1 is 1.47 bits per heavy atom. The maximum atomic E-state index is 10.8. The molecule has 0 aliphatic heterocycles. The van der Waals surface area contributed by atoms with Gasteiger partial charge >= 0.3 is 6.09 Å². The highest BCUT2D eigenvalue weighted by Gasteiger charge is 2.07. The van der Waals surface area contributed by atoms with Crippen LogP contribution >= 0.6 is 15.9 Å². The van der Waals surface area contributed by atoms with E-state index in [1.807, 2.05) is 30.3 Å². The Labute approximate surface area is 97.9 Å². The smallest absolute Gasteiger partial charge is 0.406 e. The highest BCUT2D eigenvalue weighted by molar-refractivity contribution is 9.09. The van der Waals surface area contributed by atoms with Crippen LogP contribution < -0.4 is 5.32 Å². The average molecular weight is 272 g/mol. The molecule has 0 saturated carbocycles. The molecule has 0 aromatic heterocycles. The molecule has 0 bridgehead atoms. The molecule has 4 heteroatoms. The van der Waals surface area contributed by atoms with E-state index in [1.54, 1.807) is 7.05 Å². The molecule has 0 saturated heterocycles. The van der Waals surface area contributed by atoms with Crippen molar-refractivity contribution < 1.29 is 9.53 Å². The first-order chi connectivity index (χ1) is 7.24. The van der Waals surface area contributed by atoms with Gasteiger partial charge in [-0.25, -0.2) is 4.79 Å². The van der Waals surface area contributed by atoms with Gasteiger partial charge in [0, 0.05) is 11.9 Å². The number of ether oxygens (including phenoxy) is 1. The van der Waals surface area contributed by atoms with Gasteiger partial charge in [-0.1, -0.05) is 46.3 Å². The molecule has 1 N–H and O–H groups in total. The number of rotatable bonds is 4. The summed E-state index contributed by atoms with van der Waals surface area (Å²) in [7, 11) is 1.55. The number of nitrogens with one attached hydrogen (secondary N) is 1. The topological polar surface area (TPSA) is 38.3 Å². The van der Waals surface area contributed by atoms with E-state index < -0.39 is 0 Å². The van der Waals surface area contributed by atoms with Gasteiger partial charge in [-0.05, 0) is 12.0 Å². The molecule has 1 aromatic carbocycles. The van der Waals surface area contributed by atoms with Crippen molar-refractivity contribution in [3.8, 4) is 0 Å². The van der Waals surface area contributed by atoms with Crippen LogP contribution in [-0.4, -0.2) is 19.7 Å². The number of carbonyl (C=O) groups is 1. The largest absolute Gasteiger partial charge is 0.450 e. The van der Waals surface area contributed by atoms with Gasteiger partial charge < -0.3 is 10.1 Å². The fourth-order valence-electron chi connectivity index (χ4n) is 1.16. The van der Waals surface area contributed by atoms with Gasteiger partial charge in [0.05, 0.1) is 6.61 Å². The molecule has 1 atom stereocenters. The van der Waals surface area contributed by atoms with Gasteiger partial charge in [0.25, 0.3) is 0 Å². The zero-order chi connectivity index (χ0) is 11.1. The summed E-state index contributed by atoms with van der Waals surface area (Å²) in [4.78, 5) is 11.0. The lowest BCUT2D eigenvalue weighted by Crippen LogP contribution is -2.19. The number of alkyl halides is 1. The molecule has 0 radical (unpaired) electrons. The van der Waals surface area contributed by atoms with Crippen molar-refractivity contribution in [2.75, 3.05) is 13.7 Å². The van der Waals surface area contributed by atoms with E-state index in [4.69, 9.17) is 4.74 Å². The van der Waals surface area contributed by atoms with E-state index in [2.05, 4.69) is 21.2 Å². The van der Waals surface area contributed by atoms with Crippen LogP contribution in [0.25, 0.3) is 0 Å². The normalized spacial score (nSPS) is 11.9. The van der Waals surface area contributed by atoms with Gasteiger partial charge in [0.15, 0.2) is 0 Å². The van der Waals surface area contributed by atoms with Crippen molar-refractivity contribution in [3.05, 3.63) is 35.9 Å². The number of hydrogen-bond acceptors (Lipinski definition) is 2. The Morgan fingerprint density at radius 2 is 2.13 bits per heavy atom. The summed E-state index contributed by atoms with van der Waals surface area (Å²) in [6, 6.07) is 10.0. The number of carbonyl (C=O) groups excluding carboxylic acids is 1. The second kappa shape index (κ2) is 6.45. The minimum Gasteiger partial charge on any atom is -0.450 e. The van der Waals surface area contributed by atoms with Gasteiger partial charge in [-0.3, -0.25) is 0 Å². The third-order valence-corrected chi connectivity index (χ3v) is 2.96. The molecule has 0 heterocycles. The van der Waals surface area contributed by atoms with Gasteiger partial charge in [-0.2, -0.15) is 0 Å². The Bertz CT molecular complexity index is 303. The lowest BCUT2D eigenvalue weighted by atomic mass is 10.1. The second-order valence-electron chi connectivity index (χ2n) is 3.05. The quantitative estimate of drug-likeness (QED) is 0.856. The summed E-state index contributed by atoms with van der Waals surface area (Å²) in [5.41, 5.74) is 1.19. The molecule has 82 valence electrons. The summed E-state index contributed by atoms with van der Waals surface area (Å²) in [5.74, 6) is 0. The van der Waals surface area contributed by atoms with E-state index in [0.29, 0.717) is 6.61 Å². The van der Waals surface area contributed by atoms with Crippen molar-refractivity contribution in [2.24, 2.45) is 0 Å². The van der Waals surface area contributed by atoms with Crippen molar-refractivity contribution >= 4 is 22.0 Å². The summed E-state index contributed by atoms with van der Waals surface area (Å²) in [6.07, 6.45) is 0.375. The standard InChI is InChI=1S/C11H14BrNO2/c1-13-11(14)15-8-7-10(12)9-5-3-2-4-6-9/h2-6,10H,7-8H2,1H3,(H,13,14). The predicted octanol–water partition coefficient (Wildman–Crippen LogP) is 2.87. The van der Waals surface area contributed by atoms with Crippen LogP contribution in [0.15, 0.2) is 30.3 Å². The third kappa shape index (κ3) is 4.34. The SMILES string of the molecule is CNC(=O)OCCC(Br)c1ccccc1. The van der Waals surface area contributed by atoms with Crippen molar-refractivity contribution in [3.63, 3.8) is 0 Å². The average Bonchev–Trinajstić information content (AvgIpc) is 2.29. The van der Waals surface area contributed by atoms with E-state index in [0.717, 1.165) is 6.42 Å². The molecule has 3 nitrogen and oxygen atoms in total. The summed E-state index contributed by atoms with van der Waals surface area (Å²) >= 11 is 3.55. The third-order valence-electron chi connectivity index (χ3n) is 1.97. The number of amides is 1. The molecule has 1 amide bonds. The Hall–Kier alpha value is -1.03. The van der Waals surface area contributed by atoms with Crippen LogP contribution in [0.3, 0.4) is 0 Å². The Kier molecular flexibility index (Phi) is 5.18. The number of hydrogen-bond donors (Lipinski definition) is 1. The van der Waals surface area contributed by atoms with E-state index in [9.17, 15) is 4.79 Å². The zero-order valence-corrected chi connectivity index (χ0v) is 10.2. The highest BCUT2D eigenvalue weighted by atomic mass is 79.9. The number of halogens is 1. The zero-order valence-electron chi connectivity index (χ0n) is 8.57. The monoisotopic (exact) mass is 271 g/mol. The number of alkyl carbamates (subject to hydrolysis) is 1. The Balaban J connectivity index is 2.31. The second-order valence-corrected chi connectivity index (χ2v) is 4.16. The van der Waals surface area contributed by atoms with Crippen molar-refractivity contribution in [1.29, 1.82) is 0 Å². The first-order valence-electron chi connectivity index (χ1n) is 4.77. The van der Waals surface area contributed by atoms with Crippen LogP contribution in [0, 0.1) is 0 Å². The van der Waals surface area contributed by atoms with Gasteiger partial charge in [0.2, 0.25) is 0 Å². The highest BCUT2D eigenvalue weighted by Crippen LogP contribution is 2.25. The molecule has 1 aromatic rings. The van der Waals surface area contributed by atoms with Gasteiger partial charge in [0.1, 0.15) is 0 Å². The fraction of sp³-hybridized carbons (Fsp3) is 0.364.